The Morgan fingerprint density at radius 3 is 2.89 bits per heavy atom. The van der Waals surface area contributed by atoms with Crippen LogP contribution >= 0.6 is 0 Å². The van der Waals surface area contributed by atoms with Crippen molar-refractivity contribution >= 4 is 5.91 Å². The van der Waals surface area contributed by atoms with Gasteiger partial charge >= 0.3 is 0 Å². The Kier molecular flexibility index (Phi) is 5.45. The fourth-order valence-corrected chi connectivity index (χ4v) is 3.71. The molecule has 0 radical (unpaired) electrons. The van der Waals surface area contributed by atoms with E-state index in [1.165, 1.54) is 0 Å². The Balaban J connectivity index is 1.30. The highest BCUT2D eigenvalue weighted by Gasteiger charge is 2.28. The molecule has 1 aromatic carbocycles. The van der Waals surface area contributed by atoms with E-state index in [0.29, 0.717) is 24.6 Å². The van der Waals surface area contributed by atoms with Crippen molar-refractivity contribution in [1.29, 1.82) is 0 Å². The molecule has 1 atom stereocenters. The molecule has 3 aromatic rings. The maximum absolute atomic E-state index is 12.7. The summed E-state index contributed by atoms with van der Waals surface area (Å²) in [7, 11) is 1.95. The van der Waals surface area contributed by atoms with Gasteiger partial charge in [0.05, 0.1) is 0 Å². The fourth-order valence-electron chi connectivity index (χ4n) is 3.71. The third-order valence-corrected chi connectivity index (χ3v) is 5.26. The summed E-state index contributed by atoms with van der Waals surface area (Å²) < 4.78 is 7.25. The Bertz CT molecular complexity index is 920. The molecule has 1 amide bonds. The number of aromatic nitrogens is 5. The number of hydrogen-bond donors (Lipinski definition) is 0. The van der Waals surface area contributed by atoms with E-state index in [1.54, 1.807) is 6.33 Å². The van der Waals surface area contributed by atoms with E-state index in [0.717, 1.165) is 43.6 Å². The molecule has 2 aromatic heterocycles. The van der Waals surface area contributed by atoms with Crippen molar-refractivity contribution in [1.82, 2.24) is 29.8 Å². The van der Waals surface area contributed by atoms with Crippen LogP contribution in [0.1, 0.15) is 37.4 Å². The Morgan fingerprint density at radius 2 is 2.11 bits per heavy atom. The largest absolute Gasteiger partial charge is 0.340 e. The number of hydrogen-bond acceptors (Lipinski definition) is 6. The SMILES string of the molecule is Cn1cnnc1CCC1CCCN1C(=O)CCc1nc(-c2ccccc2)no1. The van der Waals surface area contributed by atoms with Gasteiger partial charge in [0.1, 0.15) is 12.2 Å². The van der Waals surface area contributed by atoms with Gasteiger partial charge in [-0.05, 0) is 19.3 Å². The zero-order chi connectivity index (χ0) is 19.3. The zero-order valence-corrected chi connectivity index (χ0v) is 16.0. The number of likely N-dealkylation sites (tertiary alicyclic amines) is 1. The minimum absolute atomic E-state index is 0.153. The first-order valence-electron chi connectivity index (χ1n) is 9.71. The van der Waals surface area contributed by atoms with Crippen LogP contribution < -0.4 is 0 Å². The average Bonchev–Trinajstić information content (AvgIpc) is 3.46. The number of nitrogens with zero attached hydrogens (tertiary/aromatic N) is 6. The molecule has 8 heteroatoms. The number of rotatable bonds is 7. The molecular formula is C20H24N6O2. The number of amides is 1. The maximum Gasteiger partial charge on any atom is 0.227 e. The second-order valence-corrected chi connectivity index (χ2v) is 7.16. The van der Waals surface area contributed by atoms with Crippen molar-refractivity contribution in [2.75, 3.05) is 6.54 Å². The van der Waals surface area contributed by atoms with Crippen molar-refractivity contribution < 1.29 is 9.32 Å². The molecule has 1 aliphatic heterocycles. The molecule has 3 heterocycles. The van der Waals surface area contributed by atoms with Crippen LogP contribution in [0.3, 0.4) is 0 Å². The molecule has 1 aliphatic rings. The van der Waals surface area contributed by atoms with E-state index < -0.39 is 0 Å². The first-order valence-corrected chi connectivity index (χ1v) is 9.71. The van der Waals surface area contributed by atoms with Crippen LogP contribution in [0.15, 0.2) is 41.2 Å². The Hall–Kier alpha value is -3.03. The molecular weight excluding hydrogens is 356 g/mol. The Labute approximate surface area is 163 Å². The van der Waals surface area contributed by atoms with E-state index in [2.05, 4.69) is 20.3 Å². The molecule has 1 saturated heterocycles. The summed E-state index contributed by atoms with van der Waals surface area (Å²) in [6.45, 7) is 0.821. The summed E-state index contributed by atoms with van der Waals surface area (Å²) in [5.41, 5.74) is 0.909. The monoisotopic (exact) mass is 380 g/mol. The van der Waals surface area contributed by atoms with Crippen LogP contribution in [0, 0.1) is 0 Å². The van der Waals surface area contributed by atoms with Crippen LogP contribution in [-0.4, -0.2) is 48.3 Å². The maximum atomic E-state index is 12.7. The molecule has 0 bridgehead atoms. The summed E-state index contributed by atoms with van der Waals surface area (Å²) in [5, 5.41) is 12.1. The standard InChI is InChI=1S/C20H24N6O2/c1-25-14-21-23-17(25)10-9-16-8-5-13-26(16)19(27)12-11-18-22-20(24-28-18)15-6-3-2-4-7-15/h2-4,6-7,14,16H,5,8-13H2,1H3. The van der Waals surface area contributed by atoms with Gasteiger partial charge in [-0.1, -0.05) is 35.5 Å². The zero-order valence-electron chi connectivity index (χ0n) is 16.0. The van der Waals surface area contributed by atoms with Crippen LogP contribution in [0.5, 0.6) is 0 Å². The number of carbonyl (C=O) groups is 1. The summed E-state index contributed by atoms with van der Waals surface area (Å²) in [6, 6.07) is 9.95. The lowest BCUT2D eigenvalue weighted by atomic mass is 10.1. The summed E-state index contributed by atoms with van der Waals surface area (Å²) >= 11 is 0. The summed E-state index contributed by atoms with van der Waals surface area (Å²) in [4.78, 5) is 19.2. The van der Waals surface area contributed by atoms with Crippen LogP contribution in [-0.2, 0) is 24.7 Å². The van der Waals surface area contributed by atoms with Crippen molar-refractivity contribution in [3.05, 3.63) is 48.4 Å². The third kappa shape index (κ3) is 4.11. The van der Waals surface area contributed by atoms with E-state index in [9.17, 15) is 4.79 Å². The van der Waals surface area contributed by atoms with Gasteiger partial charge in [-0.2, -0.15) is 4.98 Å². The Morgan fingerprint density at radius 1 is 1.25 bits per heavy atom. The minimum Gasteiger partial charge on any atom is -0.340 e. The van der Waals surface area contributed by atoms with Gasteiger partial charge in [0, 0.05) is 44.5 Å². The van der Waals surface area contributed by atoms with E-state index in [1.807, 2.05) is 46.8 Å². The van der Waals surface area contributed by atoms with Crippen molar-refractivity contribution in [3.63, 3.8) is 0 Å². The van der Waals surface area contributed by atoms with E-state index in [4.69, 9.17) is 4.52 Å². The first kappa shape index (κ1) is 18.3. The van der Waals surface area contributed by atoms with Crippen molar-refractivity contribution in [2.45, 2.75) is 44.6 Å². The normalized spacial score (nSPS) is 16.6. The predicted octanol–water partition coefficient (Wildman–Crippen LogP) is 2.42. The van der Waals surface area contributed by atoms with Gasteiger partial charge in [0.15, 0.2) is 0 Å². The second kappa shape index (κ2) is 8.33. The van der Waals surface area contributed by atoms with Gasteiger partial charge in [-0.25, -0.2) is 0 Å². The highest BCUT2D eigenvalue weighted by molar-refractivity contribution is 5.77. The topological polar surface area (TPSA) is 89.9 Å². The van der Waals surface area contributed by atoms with E-state index >= 15 is 0 Å². The second-order valence-electron chi connectivity index (χ2n) is 7.16. The van der Waals surface area contributed by atoms with Gasteiger partial charge in [-0.3, -0.25) is 4.79 Å². The van der Waals surface area contributed by atoms with Gasteiger partial charge in [-0.15, -0.1) is 10.2 Å². The lowest BCUT2D eigenvalue weighted by molar-refractivity contribution is -0.132. The number of benzene rings is 1. The lowest BCUT2D eigenvalue weighted by Gasteiger charge is -2.24. The molecule has 146 valence electrons. The van der Waals surface area contributed by atoms with Crippen LogP contribution in [0.2, 0.25) is 0 Å². The smallest absolute Gasteiger partial charge is 0.227 e. The number of carbonyl (C=O) groups excluding carboxylic acids is 1. The lowest BCUT2D eigenvalue weighted by Crippen LogP contribution is -2.36. The summed E-state index contributed by atoms with van der Waals surface area (Å²) in [6.07, 6.45) is 6.39. The molecule has 4 rings (SSSR count). The molecule has 0 N–H and O–H groups in total. The molecule has 0 spiro atoms. The molecule has 8 nitrogen and oxygen atoms in total. The molecule has 28 heavy (non-hydrogen) atoms. The molecule has 1 fully saturated rings. The van der Waals surface area contributed by atoms with Crippen molar-refractivity contribution in [3.8, 4) is 11.4 Å². The minimum atomic E-state index is 0.153. The van der Waals surface area contributed by atoms with Crippen LogP contribution in [0.25, 0.3) is 11.4 Å². The first-order chi connectivity index (χ1) is 13.7. The van der Waals surface area contributed by atoms with Gasteiger partial charge in [0.2, 0.25) is 17.6 Å². The predicted molar refractivity (Wildman–Crippen MR) is 102 cm³/mol. The van der Waals surface area contributed by atoms with E-state index in [-0.39, 0.29) is 11.9 Å². The highest BCUT2D eigenvalue weighted by Crippen LogP contribution is 2.23. The third-order valence-electron chi connectivity index (χ3n) is 5.26. The fraction of sp³-hybridized carbons (Fsp3) is 0.450. The van der Waals surface area contributed by atoms with Crippen molar-refractivity contribution in [2.24, 2.45) is 7.05 Å². The highest BCUT2D eigenvalue weighted by atomic mass is 16.5. The quantitative estimate of drug-likeness (QED) is 0.625. The van der Waals surface area contributed by atoms with Crippen LogP contribution in [0.4, 0.5) is 0 Å². The molecule has 0 saturated carbocycles. The number of aryl methyl sites for hydroxylation is 3. The summed E-state index contributed by atoms with van der Waals surface area (Å²) in [5.74, 6) is 2.17. The van der Waals surface area contributed by atoms with Gasteiger partial charge < -0.3 is 14.0 Å². The molecule has 0 aliphatic carbocycles. The van der Waals surface area contributed by atoms with Gasteiger partial charge in [0.25, 0.3) is 0 Å². The molecule has 1 unspecified atom stereocenters. The average molecular weight is 380 g/mol.